The molecule has 1 aliphatic rings. The van der Waals surface area contributed by atoms with Gasteiger partial charge >= 0.3 is 0 Å². The monoisotopic (exact) mass is 255 g/mol. The number of piperidine rings is 1. The van der Waals surface area contributed by atoms with Gasteiger partial charge in [-0.25, -0.2) is 0 Å². The first-order chi connectivity index (χ1) is 8.41. The molecule has 1 unspecified atom stereocenters. The van der Waals surface area contributed by atoms with E-state index in [4.69, 9.17) is 5.73 Å². The first kappa shape index (κ1) is 15.4. The van der Waals surface area contributed by atoms with E-state index < -0.39 is 0 Å². The van der Waals surface area contributed by atoms with Crippen LogP contribution in [0.5, 0.6) is 0 Å². The van der Waals surface area contributed by atoms with E-state index in [-0.39, 0.29) is 17.9 Å². The highest BCUT2D eigenvalue weighted by molar-refractivity contribution is 5.81. The van der Waals surface area contributed by atoms with Gasteiger partial charge in [0.05, 0.1) is 6.04 Å². The lowest BCUT2D eigenvalue weighted by Crippen LogP contribution is -2.48. The Morgan fingerprint density at radius 2 is 2.06 bits per heavy atom. The number of hydrogen-bond donors (Lipinski definition) is 2. The summed E-state index contributed by atoms with van der Waals surface area (Å²) in [5.41, 5.74) is 5.83. The largest absolute Gasteiger partial charge is 0.354 e. The van der Waals surface area contributed by atoms with Gasteiger partial charge in [-0.15, -0.1) is 0 Å². The summed E-state index contributed by atoms with van der Waals surface area (Å²) in [7, 11) is 0. The molecule has 0 radical (unpaired) electrons. The summed E-state index contributed by atoms with van der Waals surface area (Å²) in [6.45, 7) is 11.5. The van der Waals surface area contributed by atoms with Crippen molar-refractivity contribution in [3.8, 4) is 0 Å². The zero-order valence-electron chi connectivity index (χ0n) is 12.3. The molecule has 1 aliphatic heterocycles. The van der Waals surface area contributed by atoms with Gasteiger partial charge in [-0.05, 0) is 45.1 Å². The summed E-state index contributed by atoms with van der Waals surface area (Å²) in [6.07, 6.45) is 2.44. The number of likely N-dealkylation sites (tertiary alicyclic amines) is 1. The fraction of sp³-hybridized carbons (Fsp3) is 0.929. The predicted octanol–water partition coefficient (Wildman–Crippen LogP) is 1.21. The van der Waals surface area contributed by atoms with Crippen LogP contribution in [0.4, 0.5) is 0 Å². The molecule has 1 fully saturated rings. The van der Waals surface area contributed by atoms with Crippen LogP contribution in [0, 0.1) is 11.8 Å². The van der Waals surface area contributed by atoms with Gasteiger partial charge in [0.15, 0.2) is 0 Å². The maximum atomic E-state index is 11.8. The first-order valence-corrected chi connectivity index (χ1v) is 7.19. The fourth-order valence-corrected chi connectivity index (χ4v) is 2.40. The molecular formula is C14H29N3O. The van der Waals surface area contributed by atoms with Crippen molar-refractivity contribution in [3.63, 3.8) is 0 Å². The molecule has 1 heterocycles. The van der Waals surface area contributed by atoms with Gasteiger partial charge in [0.1, 0.15) is 0 Å². The van der Waals surface area contributed by atoms with Crippen LogP contribution in [0.1, 0.15) is 40.5 Å². The first-order valence-electron chi connectivity index (χ1n) is 7.19. The van der Waals surface area contributed by atoms with Crippen molar-refractivity contribution in [2.45, 2.75) is 52.6 Å². The molecule has 1 rings (SSSR count). The summed E-state index contributed by atoms with van der Waals surface area (Å²) in [5.74, 6) is 0.764. The van der Waals surface area contributed by atoms with E-state index in [0.29, 0.717) is 12.0 Å². The Bertz CT molecular complexity index is 266. The number of nitrogens with one attached hydrogen (secondary N) is 1. The Kier molecular flexibility index (Phi) is 6.09. The number of hydrogen-bond acceptors (Lipinski definition) is 3. The molecule has 1 saturated heterocycles. The minimum absolute atomic E-state index is 0.00771. The Hall–Kier alpha value is -0.610. The van der Waals surface area contributed by atoms with Crippen molar-refractivity contribution in [3.05, 3.63) is 0 Å². The molecule has 2 atom stereocenters. The number of carbonyl (C=O) groups excluding carboxylic acids is 1. The maximum absolute atomic E-state index is 11.8. The summed E-state index contributed by atoms with van der Waals surface area (Å²) >= 11 is 0. The molecule has 0 aromatic heterocycles. The van der Waals surface area contributed by atoms with Crippen molar-refractivity contribution in [1.29, 1.82) is 0 Å². The third-order valence-electron chi connectivity index (χ3n) is 3.87. The Morgan fingerprint density at radius 1 is 1.39 bits per heavy atom. The van der Waals surface area contributed by atoms with Crippen LogP contribution < -0.4 is 11.1 Å². The number of rotatable bonds is 5. The van der Waals surface area contributed by atoms with E-state index in [1.165, 1.54) is 19.4 Å². The van der Waals surface area contributed by atoms with Gasteiger partial charge < -0.3 is 16.0 Å². The zero-order chi connectivity index (χ0) is 13.7. The minimum atomic E-state index is -0.380. The van der Waals surface area contributed by atoms with E-state index in [2.05, 4.69) is 24.1 Å². The average molecular weight is 255 g/mol. The van der Waals surface area contributed by atoms with Gasteiger partial charge in [-0.2, -0.15) is 0 Å². The Labute approximate surface area is 111 Å². The molecule has 0 aromatic rings. The van der Waals surface area contributed by atoms with Crippen LogP contribution in [0.3, 0.4) is 0 Å². The summed E-state index contributed by atoms with van der Waals surface area (Å²) in [5, 5.41) is 3.00. The molecule has 4 nitrogen and oxygen atoms in total. The molecule has 1 amide bonds. The number of nitrogens with zero attached hydrogens (tertiary/aromatic N) is 1. The quantitative estimate of drug-likeness (QED) is 0.776. The topological polar surface area (TPSA) is 58.4 Å². The molecule has 0 aliphatic carbocycles. The van der Waals surface area contributed by atoms with E-state index in [0.717, 1.165) is 13.1 Å². The van der Waals surface area contributed by atoms with E-state index in [1.807, 2.05) is 13.8 Å². The van der Waals surface area contributed by atoms with Crippen LogP contribution in [-0.2, 0) is 4.79 Å². The van der Waals surface area contributed by atoms with E-state index in [1.54, 1.807) is 0 Å². The average Bonchev–Trinajstić information content (AvgIpc) is 2.35. The molecular weight excluding hydrogens is 226 g/mol. The standard InChI is InChI=1S/C14H29N3O/c1-10(2)13(15)14(18)16-8-12-6-5-7-17(9-12)11(3)4/h10-13H,5-9,15H2,1-4H3,(H,16,18)/t12?,13-/m0/s1. The van der Waals surface area contributed by atoms with Gasteiger partial charge in [0.2, 0.25) is 5.91 Å². The molecule has 0 bridgehead atoms. The molecule has 0 spiro atoms. The minimum Gasteiger partial charge on any atom is -0.354 e. The van der Waals surface area contributed by atoms with Crippen LogP contribution in [-0.4, -0.2) is 42.5 Å². The molecule has 3 N–H and O–H groups in total. The highest BCUT2D eigenvalue weighted by atomic mass is 16.2. The number of carbonyl (C=O) groups is 1. The molecule has 0 aromatic carbocycles. The zero-order valence-corrected chi connectivity index (χ0v) is 12.3. The van der Waals surface area contributed by atoms with Gasteiger partial charge in [0.25, 0.3) is 0 Å². The Balaban J connectivity index is 2.32. The molecule has 106 valence electrons. The Morgan fingerprint density at radius 3 is 2.61 bits per heavy atom. The number of nitrogens with two attached hydrogens (primary N) is 1. The molecule has 4 heteroatoms. The van der Waals surface area contributed by atoms with Crippen LogP contribution in [0.2, 0.25) is 0 Å². The highest BCUT2D eigenvalue weighted by Crippen LogP contribution is 2.17. The van der Waals surface area contributed by atoms with E-state index in [9.17, 15) is 4.79 Å². The van der Waals surface area contributed by atoms with Crippen molar-refractivity contribution in [1.82, 2.24) is 10.2 Å². The van der Waals surface area contributed by atoms with Crippen LogP contribution in [0.15, 0.2) is 0 Å². The molecule has 18 heavy (non-hydrogen) atoms. The van der Waals surface area contributed by atoms with E-state index >= 15 is 0 Å². The second-order valence-corrected chi connectivity index (χ2v) is 6.11. The van der Waals surface area contributed by atoms with Crippen LogP contribution >= 0.6 is 0 Å². The number of amides is 1. The predicted molar refractivity (Wildman–Crippen MR) is 75.3 cm³/mol. The SMILES string of the molecule is CC(C)[C@H](N)C(=O)NCC1CCCN(C(C)C)C1. The summed E-state index contributed by atoms with van der Waals surface area (Å²) in [4.78, 5) is 14.3. The lowest BCUT2D eigenvalue weighted by atomic mass is 9.96. The lowest BCUT2D eigenvalue weighted by molar-refractivity contribution is -0.123. The van der Waals surface area contributed by atoms with Crippen molar-refractivity contribution < 1.29 is 4.79 Å². The van der Waals surface area contributed by atoms with Crippen molar-refractivity contribution >= 4 is 5.91 Å². The molecule has 0 saturated carbocycles. The van der Waals surface area contributed by atoms with Gasteiger partial charge in [-0.3, -0.25) is 4.79 Å². The second kappa shape index (κ2) is 7.10. The summed E-state index contributed by atoms with van der Waals surface area (Å²) in [6, 6.07) is 0.219. The third-order valence-corrected chi connectivity index (χ3v) is 3.87. The normalized spacial score (nSPS) is 23.4. The smallest absolute Gasteiger partial charge is 0.237 e. The highest BCUT2D eigenvalue weighted by Gasteiger charge is 2.23. The van der Waals surface area contributed by atoms with Gasteiger partial charge in [-0.1, -0.05) is 13.8 Å². The third kappa shape index (κ3) is 4.58. The lowest BCUT2D eigenvalue weighted by Gasteiger charge is -2.35. The fourth-order valence-electron chi connectivity index (χ4n) is 2.40. The summed E-state index contributed by atoms with van der Waals surface area (Å²) < 4.78 is 0. The van der Waals surface area contributed by atoms with Crippen LogP contribution in [0.25, 0.3) is 0 Å². The maximum Gasteiger partial charge on any atom is 0.237 e. The van der Waals surface area contributed by atoms with Crippen molar-refractivity contribution in [2.75, 3.05) is 19.6 Å². The second-order valence-electron chi connectivity index (χ2n) is 6.11. The van der Waals surface area contributed by atoms with Gasteiger partial charge in [0, 0.05) is 19.1 Å². The van der Waals surface area contributed by atoms with Crippen molar-refractivity contribution in [2.24, 2.45) is 17.6 Å².